The Bertz CT molecular complexity index is 1790. The molecule has 49 heavy (non-hydrogen) atoms. The standard InChI is InChI=1S/C42H50O7/c1-26(2)10-7-12-28(5)13-8-14-29-24-42(49-38(29)45)35-23-31(44)16-18-37(35)47-39(46)41(42)21-19-34-33(25-41)32-22-30(43)15-17-36(32)48-40(34,6)20-9-11-27(3)4/h10-11,13,15-18,22-25,34,39,43-44,46H,7-9,12,14,19-21H2,1-6H3/b28-13+/t34-,39+,40+,41+,42+/m1/s1. The van der Waals surface area contributed by atoms with E-state index in [4.69, 9.17) is 14.2 Å². The van der Waals surface area contributed by atoms with E-state index in [1.165, 1.54) is 22.8 Å². The van der Waals surface area contributed by atoms with Gasteiger partial charge in [0.1, 0.15) is 28.6 Å². The average molecular weight is 667 g/mol. The van der Waals surface area contributed by atoms with Crippen LogP contribution in [-0.2, 0) is 15.1 Å². The molecule has 3 heterocycles. The monoisotopic (exact) mass is 666 g/mol. The fourth-order valence-corrected chi connectivity index (χ4v) is 8.22. The summed E-state index contributed by atoms with van der Waals surface area (Å²) in [5.41, 5.74) is 3.29. The zero-order valence-corrected chi connectivity index (χ0v) is 29.6. The van der Waals surface area contributed by atoms with Crippen LogP contribution in [0.2, 0.25) is 0 Å². The first-order chi connectivity index (χ1) is 23.3. The van der Waals surface area contributed by atoms with Crippen molar-refractivity contribution in [1.29, 1.82) is 0 Å². The third kappa shape index (κ3) is 6.34. The van der Waals surface area contributed by atoms with Gasteiger partial charge in [-0.15, -0.1) is 0 Å². The van der Waals surface area contributed by atoms with E-state index in [-0.39, 0.29) is 17.4 Å². The van der Waals surface area contributed by atoms with Gasteiger partial charge in [-0.05, 0) is 141 Å². The molecule has 0 saturated heterocycles. The summed E-state index contributed by atoms with van der Waals surface area (Å²) >= 11 is 0. The van der Waals surface area contributed by atoms with E-state index in [0.29, 0.717) is 48.3 Å². The van der Waals surface area contributed by atoms with E-state index in [1.807, 2.05) is 12.2 Å². The Kier molecular flexibility index (Phi) is 9.35. The van der Waals surface area contributed by atoms with Gasteiger partial charge in [0.2, 0.25) is 6.29 Å². The summed E-state index contributed by atoms with van der Waals surface area (Å²) in [6, 6.07) is 9.83. The van der Waals surface area contributed by atoms with Crippen LogP contribution in [0, 0.1) is 11.3 Å². The maximum absolute atomic E-state index is 13.8. The van der Waals surface area contributed by atoms with Crippen molar-refractivity contribution in [2.75, 3.05) is 0 Å². The molecule has 2 spiro atoms. The summed E-state index contributed by atoms with van der Waals surface area (Å²) in [5.74, 6) is 0.632. The fourth-order valence-electron chi connectivity index (χ4n) is 8.22. The number of carbonyl (C=O) groups excluding carboxylic acids is 1. The summed E-state index contributed by atoms with van der Waals surface area (Å²) in [6.45, 7) is 12.6. The molecule has 3 aliphatic heterocycles. The van der Waals surface area contributed by atoms with Gasteiger partial charge in [-0.3, -0.25) is 0 Å². The molecule has 0 aromatic heterocycles. The van der Waals surface area contributed by atoms with Gasteiger partial charge < -0.3 is 29.5 Å². The number of esters is 1. The maximum Gasteiger partial charge on any atom is 0.335 e. The number of benzene rings is 2. The van der Waals surface area contributed by atoms with E-state index >= 15 is 0 Å². The zero-order chi connectivity index (χ0) is 35.1. The van der Waals surface area contributed by atoms with Crippen LogP contribution < -0.4 is 9.47 Å². The normalized spacial score (nSPS) is 28.3. The summed E-state index contributed by atoms with van der Waals surface area (Å²) in [7, 11) is 0. The molecule has 2 aromatic rings. The molecule has 5 atom stereocenters. The minimum absolute atomic E-state index is 0.00982. The van der Waals surface area contributed by atoms with E-state index < -0.39 is 28.9 Å². The molecule has 260 valence electrons. The molecule has 0 radical (unpaired) electrons. The van der Waals surface area contributed by atoms with Gasteiger partial charge >= 0.3 is 5.97 Å². The largest absolute Gasteiger partial charge is 0.508 e. The topological polar surface area (TPSA) is 105 Å². The summed E-state index contributed by atoms with van der Waals surface area (Å²) in [6.07, 6.45) is 14.9. The lowest BCUT2D eigenvalue weighted by molar-refractivity contribution is -0.208. The van der Waals surface area contributed by atoms with Crippen LogP contribution in [0.25, 0.3) is 5.57 Å². The molecule has 0 fully saturated rings. The molecule has 1 aliphatic carbocycles. The van der Waals surface area contributed by atoms with Crippen molar-refractivity contribution >= 4 is 11.5 Å². The highest BCUT2D eigenvalue weighted by Crippen LogP contribution is 2.65. The van der Waals surface area contributed by atoms with Crippen LogP contribution in [0.15, 0.2) is 89.1 Å². The smallest absolute Gasteiger partial charge is 0.335 e. The van der Waals surface area contributed by atoms with Crippen molar-refractivity contribution in [2.24, 2.45) is 11.3 Å². The van der Waals surface area contributed by atoms with E-state index in [9.17, 15) is 20.1 Å². The number of aliphatic hydroxyl groups is 1. The highest BCUT2D eigenvalue weighted by molar-refractivity contribution is 5.92. The Hall–Kier alpha value is -4.23. The van der Waals surface area contributed by atoms with Gasteiger partial charge in [-0.1, -0.05) is 41.0 Å². The minimum atomic E-state index is -1.43. The van der Waals surface area contributed by atoms with E-state index in [2.05, 4.69) is 59.8 Å². The summed E-state index contributed by atoms with van der Waals surface area (Å²) in [4.78, 5) is 13.8. The molecule has 2 aromatic carbocycles. The molecule has 0 amide bonds. The molecule has 7 heteroatoms. The molecule has 6 rings (SSSR count). The SMILES string of the molecule is CC(C)=CCC/C(C)=C/CCC1=C[C@]2(OC1=O)c1cc(O)ccc1O[C@H](O)[C@]21C=C2c3cc(O)ccc3O[C@@](C)(CCC=C(C)C)[C@@H]2CC1. The number of phenolic OH excluding ortho intramolecular Hbond substituents is 2. The Morgan fingerprint density at radius 2 is 1.57 bits per heavy atom. The van der Waals surface area contributed by atoms with Gasteiger partial charge in [-0.2, -0.15) is 0 Å². The van der Waals surface area contributed by atoms with Gasteiger partial charge in [0, 0.05) is 22.6 Å². The second-order valence-corrected chi connectivity index (χ2v) is 15.0. The first kappa shape index (κ1) is 34.6. The van der Waals surface area contributed by atoms with Gasteiger partial charge in [0.25, 0.3) is 0 Å². The molecule has 7 nitrogen and oxygen atoms in total. The Labute approximate surface area is 290 Å². The third-order valence-corrected chi connectivity index (χ3v) is 10.8. The van der Waals surface area contributed by atoms with Crippen molar-refractivity contribution in [3.05, 3.63) is 100 Å². The number of hydrogen-bond donors (Lipinski definition) is 3. The number of rotatable bonds is 9. The van der Waals surface area contributed by atoms with Gasteiger partial charge in [0.15, 0.2) is 5.60 Å². The Balaban J connectivity index is 1.46. The van der Waals surface area contributed by atoms with Crippen molar-refractivity contribution < 1.29 is 34.3 Å². The van der Waals surface area contributed by atoms with Gasteiger partial charge in [-0.25, -0.2) is 4.79 Å². The zero-order valence-electron chi connectivity index (χ0n) is 29.6. The lowest BCUT2D eigenvalue weighted by atomic mass is 9.56. The van der Waals surface area contributed by atoms with Crippen molar-refractivity contribution in [1.82, 2.24) is 0 Å². The number of aliphatic hydroxyl groups excluding tert-OH is 1. The van der Waals surface area contributed by atoms with Crippen molar-refractivity contribution in [2.45, 2.75) is 110 Å². The first-order valence-electron chi connectivity index (χ1n) is 17.6. The molecule has 3 N–H and O–H groups in total. The Morgan fingerprint density at radius 1 is 0.878 bits per heavy atom. The minimum Gasteiger partial charge on any atom is -0.508 e. The predicted octanol–water partition coefficient (Wildman–Crippen LogP) is 9.34. The van der Waals surface area contributed by atoms with Gasteiger partial charge in [0.05, 0.1) is 5.41 Å². The number of phenols is 2. The first-order valence-corrected chi connectivity index (χ1v) is 17.6. The number of ether oxygens (including phenoxy) is 3. The molecular weight excluding hydrogens is 616 g/mol. The lowest BCUT2D eigenvalue weighted by Gasteiger charge is -2.55. The Morgan fingerprint density at radius 3 is 2.31 bits per heavy atom. The van der Waals surface area contributed by atoms with E-state index in [0.717, 1.165) is 36.8 Å². The second-order valence-electron chi connectivity index (χ2n) is 15.0. The highest BCUT2D eigenvalue weighted by atomic mass is 16.6. The maximum atomic E-state index is 13.8. The number of allylic oxidation sites excluding steroid dienone is 6. The van der Waals surface area contributed by atoms with Crippen LogP contribution in [0.4, 0.5) is 0 Å². The molecule has 4 aliphatic rings. The van der Waals surface area contributed by atoms with Crippen molar-refractivity contribution in [3.8, 4) is 23.0 Å². The average Bonchev–Trinajstić information content (AvgIpc) is 3.37. The number of carbonyl (C=O) groups is 1. The molecule has 0 saturated carbocycles. The molecular formula is C42H50O7. The lowest BCUT2D eigenvalue weighted by Crippen LogP contribution is -2.59. The second kappa shape index (κ2) is 13.2. The fraction of sp³-hybridized carbons (Fsp3) is 0.452. The van der Waals surface area contributed by atoms with Crippen LogP contribution in [0.3, 0.4) is 0 Å². The number of aromatic hydroxyl groups is 2. The quantitative estimate of drug-likeness (QED) is 0.181. The van der Waals surface area contributed by atoms with Crippen LogP contribution >= 0.6 is 0 Å². The highest BCUT2D eigenvalue weighted by Gasteiger charge is 2.66. The molecule has 0 unspecified atom stereocenters. The third-order valence-electron chi connectivity index (χ3n) is 10.8. The van der Waals surface area contributed by atoms with E-state index in [1.54, 1.807) is 30.3 Å². The van der Waals surface area contributed by atoms with Crippen molar-refractivity contribution in [3.63, 3.8) is 0 Å². The summed E-state index contributed by atoms with van der Waals surface area (Å²) in [5, 5.41) is 33.4. The molecule has 0 bridgehead atoms. The number of fused-ring (bicyclic) bond motifs is 6. The number of hydrogen-bond acceptors (Lipinski definition) is 7. The predicted molar refractivity (Wildman–Crippen MR) is 191 cm³/mol. The summed E-state index contributed by atoms with van der Waals surface area (Å²) < 4.78 is 19.4. The van der Waals surface area contributed by atoms with Crippen LogP contribution in [0.5, 0.6) is 23.0 Å². The van der Waals surface area contributed by atoms with Crippen LogP contribution in [-0.4, -0.2) is 33.2 Å². The van der Waals surface area contributed by atoms with Crippen LogP contribution in [0.1, 0.15) is 104 Å².